The van der Waals surface area contributed by atoms with Crippen molar-refractivity contribution in [3.05, 3.63) is 46.8 Å². The third kappa shape index (κ3) is 4.20. The molecule has 1 aliphatic heterocycles. The lowest BCUT2D eigenvalue weighted by atomic mass is 9.99. The van der Waals surface area contributed by atoms with Crippen molar-refractivity contribution in [1.29, 1.82) is 0 Å². The smallest absolute Gasteiger partial charge is 0.272 e. The molecule has 7 nitrogen and oxygen atoms in total. The minimum Gasteiger partial charge on any atom is -0.494 e. The highest BCUT2D eigenvalue weighted by Gasteiger charge is 2.33. The highest BCUT2D eigenvalue weighted by atomic mass is 16.5. The molecule has 2 aromatic rings. The molecule has 0 spiro atoms. The minimum atomic E-state index is -0.138. The van der Waals surface area contributed by atoms with Crippen LogP contribution in [0.5, 0.6) is 5.75 Å². The maximum atomic E-state index is 13.4. The SMILES string of the molecule is CCOc1cccc(CN(CCO)C(=O)c2c3c(nn2C)[C@H](C)O[C@H](C)C3)c1. The minimum absolute atomic E-state index is 0.0346. The Labute approximate surface area is 165 Å². The van der Waals surface area contributed by atoms with Crippen LogP contribution in [0, 0.1) is 0 Å². The molecule has 2 heterocycles. The Kier molecular flexibility index (Phi) is 6.36. The monoisotopic (exact) mass is 387 g/mol. The van der Waals surface area contributed by atoms with Crippen LogP contribution in [0.3, 0.4) is 0 Å². The fraction of sp³-hybridized carbons (Fsp3) is 0.524. The van der Waals surface area contributed by atoms with Crippen molar-refractivity contribution in [2.75, 3.05) is 19.8 Å². The van der Waals surface area contributed by atoms with Gasteiger partial charge >= 0.3 is 0 Å². The van der Waals surface area contributed by atoms with Crippen LogP contribution in [0.4, 0.5) is 0 Å². The number of hydrogen-bond acceptors (Lipinski definition) is 5. The quantitative estimate of drug-likeness (QED) is 0.790. The van der Waals surface area contributed by atoms with E-state index in [4.69, 9.17) is 9.47 Å². The van der Waals surface area contributed by atoms with E-state index in [1.807, 2.05) is 45.0 Å². The van der Waals surface area contributed by atoms with Crippen LogP contribution in [-0.4, -0.2) is 51.6 Å². The third-order valence-electron chi connectivity index (χ3n) is 4.93. The number of ether oxygens (including phenoxy) is 2. The average Bonchev–Trinajstić information content (AvgIpc) is 2.98. The summed E-state index contributed by atoms with van der Waals surface area (Å²) in [5.74, 6) is 0.641. The molecule has 1 N–H and O–H groups in total. The molecule has 0 fully saturated rings. The fourth-order valence-corrected chi connectivity index (χ4v) is 3.78. The highest BCUT2D eigenvalue weighted by Crippen LogP contribution is 2.31. The van der Waals surface area contributed by atoms with Crippen LogP contribution in [0.1, 0.15) is 54.2 Å². The van der Waals surface area contributed by atoms with E-state index in [0.29, 0.717) is 25.3 Å². The molecule has 2 atom stereocenters. The van der Waals surface area contributed by atoms with Gasteiger partial charge in [-0.05, 0) is 38.5 Å². The predicted octanol–water partition coefficient (Wildman–Crippen LogP) is 2.48. The Morgan fingerprint density at radius 3 is 2.93 bits per heavy atom. The lowest BCUT2D eigenvalue weighted by Gasteiger charge is -2.26. The molecular formula is C21H29N3O4. The topological polar surface area (TPSA) is 76.8 Å². The molecule has 1 aromatic heterocycles. The van der Waals surface area contributed by atoms with Crippen molar-refractivity contribution in [2.24, 2.45) is 7.05 Å². The zero-order valence-electron chi connectivity index (χ0n) is 17.0. The van der Waals surface area contributed by atoms with Gasteiger partial charge in [-0.15, -0.1) is 0 Å². The van der Waals surface area contributed by atoms with E-state index < -0.39 is 0 Å². The van der Waals surface area contributed by atoms with Gasteiger partial charge in [-0.3, -0.25) is 9.48 Å². The van der Waals surface area contributed by atoms with E-state index in [1.54, 1.807) is 16.6 Å². The van der Waals surface area contributed by atoms with Gasteiger partial charge in [-0.25, -0.2) is 0 Å². The van der Waals surface area contributed by atoms with Gasteiger partial charge in [0.05, 0.1) is 31.1 Å². The van der Waals surface area contributed by atoms with Crippen LogP contribution in [0.2, 0.25) is 0 Å². The zero-order valence-corrected chi connectivity index (χ0v) is 17.0. The van der Waals surface area contributed by atoms with Crippen molar-refractivity contribution in [2.45, 2.75) is 45.9 Å². The van der Waals surface area contributed by atoms with Crippen molar-refractivity contribution in [1.82, 2.24) is 14.7 Å². The summed E-state index contributed by atoms with van der Waals surface area (Å²) in [4.78, 5) is 15.1. The summed E-state index contributed by atoms with van der Waals surface area (Å²) in [5.41, 5.74) is 3.30. The van der Waals surface area contributed by atoms with Crippen LogP contribution in [-0.2, 0) is 24.8 Å². The van der Waals surface area contributed by atoms with Crippen molar-refractivity contribution >= 4 is 5.91 Å². The van der Waals surface area contributed by atoms with E-state index >= 15 is 0 Å². The van der Waals surface area contributed by atoms with Gasteiger partial charge in [0.15, 0.2) is 0 Å². The normalized spacial score (nSPS) is 18.6. The number of fused-ring (bicyclic) bond motifs is 1. The number of aliphatic hydroxyl groups is 1. The summed E-state index contributed by atoms with van der Waals surface area (Å²) in [6.07, 6.45) is 0.551. The van der Waals surface area contributed by atoms with E-state index in [0.717, 1.165) is 22.6 Å². The van der Waals surface area contributed by atoms with Gasteiger partial charge in [-0.2, -0.15) is 5.10 Å². The van der Waals surface area contributed by atoms with Gasteiger partial charge in [0, 0.05) is 32.1 Å². The van der Waals surface area contributed by atoms with Gasteiger partial charge in [0.1, 0.15) is 11.4 Å². The lowest BCUT2D eigenvalue weighted by molar-refractivity contribution is -0.00715. The van der Waals surface area contributed by atoms with Crippen LogP contribution >= 0.6 is 0 Å². The molecule has 1 amide bonds. The summed E-state index contributed by atoms with van der Waals surface area (Å²) < 4.78 is 13.0. The number of nitrogens with zero attached hydrogens (tertiary/aromatic N) is 3. The number of carbonyl (C=O) groups is 1. The Morgan fingerprint density at radius 2 is 2.21 bits per heavy atom. The number of rotatable bonds is 7. The molecule has 3 rings (SSSR count). The van der Waals surface area contributed by atoms with Crippen molar-refractivity contribution in [3.8, 4) is 5.75 Å². The second-order valence-electron chi connectivity index (χ2n) is 7.16. The first-order valence-corrected chi connectivity index (χ1v) is 9.77. The number of hydrogen-bond donors (Lipinski definition) is 1. The van der Waals surface area contributed by atoms with E-state index in [9.17, 15) is 9.90 Å². The Balaban J connectivity index is 1.89. The Hall–Kier alpha value is -2.38. The molecule has 0 unspecified atom stereocenters. The number of aromatic nitrogens is 2. The molecule has 0 aliphatic carbocycles. The Bertz CT molecular complexity index is 833. The molecule has 28 heavy (non-hydrogen) atoms. The molecule has 1 aliphatic rings. The van der Waals surface area contributed by atoms with Crippen molar-refractivity contribution in [3.63, 3.8) is 0 Å². The second-order valence-corrected chi connectivity index (χ2v) is 7.16. The number of aliphatic hydroxyl groups excluding tert-OH is 1. The summed E-state index contributed by atoms with van der Waals surface area (Å²) >= 11 is 0. The largest absolute Gasteiger partial charge is 0.494 e. The highest BCUT2D eigenvalue weighted by molar-refractivity contribution is 5.94. The number of benzene rings is 1. The molecule has 152 valence electrons. The number of carbonyl (C=O) groups excluding carboxylic acids is 1. The van der Waals surface area contributed by atoms with Crippen LogP contribution in [0.15, 0.2) is 24.3 Å². The van der Waals surface area contributed by atoms with Gasteiger partial charge in [0.2, 0.25) is 0 Å². The van der Waals surface area contributed by atoms with Crippen LogP contribution < -0.4 is 4.74 Å². The third-order valence-corrected chi connectivity index (χ3v) is 4.93. The predicted molar refractivity (Wildman–Crippen MR) is 105 cm³/mol. The van der Waals surface area contributed by atoms with Crippen molar-refractivity contribution < 1.29 is 19.4 Å². The van der Waals surface area contributed by atoms with E-state index in [-0.39, 0.29) is 31.3 Å². The molecule has 0 saturated carbocycles. The summed E-state index contributed by atoms with van der Waals surface area (Å²) in [6, 6.07) is 7.69. The first-order chi connectivity index (χ1) is 13.4. The second kappa shape index (κ2) is 8.75. The first kappa shape index (κ1) is 20.4. The van der Waals surface area contributed by atoms with Gasteiger partial charge in [0.25, 0.3) is 5.91 Å². The molecule has 0 radical (unpaired) electrons. The molecule has 0 saturated heterocycles. The Morgan fingerprint density at radius 1 is 1.43 bits per heavy atom. The first-order valence-electron chi connectivity index (χ1n) is 9.77. The summed E-state index contributed by atoms with van der Waals surface area (Å²) in [5, 5.41) is 14.1. The standard InChI is InChI=1S/C21H29N3O4/c1-5-27-17-8-6-7-16(12-17)13-24(9-10-25)21(26)20-18-11-14(2)28-15(3)19(18)22-23(20)4/h6-8,12,14-15,25H,5,9-11,13H2,1-4H3/t14-,15+/m1/s1. The summed E-state index contributed by atoms with van der Waals surface area (Å²) in [7, 11) is 1.79. The van der Waals surface area contributed by atoms with Gasteiger partial charge in [-0.1, -0.05) is 12.1 Å². The fourth-order valence-electron chi connectivity index (χ4n) is 3.78. The summed E-state index contributed by atoms with van der Waals surface area (Å²) in [6.45, 7) is 7.02. The molecule has 7 heteroatoms. The van der Waals surface area contributed by atoms with Gasteiger partial charge < -0.3 is 19.5 Å². The molecule has 1 aromatic carbocycles. The number of amides is 1. The maximum Gasteiger partial charge on any atom is 0.272 e. The maximum absolute atomic E-state index is 13.4. The van der Waals surface area contributed by atoms with Crippen LogP contribution in [0.25, 0.3) is 0 Å². The molecule has 0 bridgehead atoms. The van der Waals surface area contributed by atoms with E-state index in [1.165, 1.54) is 0 Å². The number of aryl methyl sites for hydroxylation is 1. The van der Waals surface area contributed by atoms with E-state index in [2.05, 4.69) is 5.10 Å². The average molecular weight is 387 g/mol. The lowest BCUT2D eigenvalue weighted by Crippen LogP contribution is -2.35. The molecular weight excluding hydrogens is 358 g/mol. The zero-order chi connectivity index (χ0) is 20.3.